The van der Waals surface area contributed by atoms with E-state index in [1.165, 1.54) is 24.3 Å². The molecule has 2 aromatic rings. The van der Waals surface area contributed by atoms with E-state index in [4.69, 9.17) is 16.3 Å². The molecule has 2 heterocycles. The summed E-state index contributed by atoms with van der Waals surface area (Å²) in [5, 5.41) is 3.05. The molecule has 138 valence electrons. The predicted octanol–water partition coefficient (Wildman–Crippen LogP) is 3.31. The van der Waals surface area contributed by atoms with E-state index in [9.17, 15) is 14.0 Å². The van der Waals surface area contributed by atoms with E-state index in [-0.39, 0.29) is 23.0 Å². The van der Waals surface area contributed by atoms with Crippen molar-refractivity contribution in [1.82, 2.24) is 9.88 Å². The van der Waals surface area contributed by atoms with Gasteiger partial charge in [0.15, 0.2) is 0 Å². The van der Waals surface area contributed by atoms with Crippen molar-refractivity contribution in [2.24, 2.45) is 0 Å². The lowest BCUT2D eigenvalue weighted by atomic mass is 10.0. The summed E-state index contributed by atoms with van der Waals surface area (Å²) in [5.41, 5.74) is 1.56. The Kier molecular flexibility index (Phi) is 5.61. The van der Waals surface area contributed by atoms with Gasteiger partial charge in [-0.25, -0.2) is 4.39 Å². The summed E-state index contributed by atoms with van der Waals surface area (Å²) in [6, 6.07) is 5.41. The summed E-state index contributed by atoms with van der Waals surface area (Å²) >= 11 is 6.01. The standard InChI is InChI=1S/C19H20ClFN2O3/c1-2-26-16-10-17(24)23-8-4-3-5-15(23)18(16)19(25)22-11-12-6-7-13(21)9-14(12)20/h6-7,9-10H,2-5,8,11H2,1H3,(H,22,25). The maximum Gasteiger partial charge on any atom is 0.257 e. The van der Waals surface area contributed by atoms with E-state index in [1.54, 1.807) is 11.5 Å². The van der Waals surface area contributed by atoms with Crippen LogP contribution in [0.2, 0.25) is 5.02 Å². The zero-order valence-corrected chi connectivity index (χ0v) is 15.2. The molecule has 1 aliphatic rings. The van der Waals surface area contributed by atoms with Crippen LogP contribution < -0.4 is 15.6 Å². The Morgan fingerprint density at radius 1 is 1.35 bits per heavy atom. The number of benzene rings is 1. The number of hydrogen-bond acceptors (Lipinski definition) is 3. The molecule has 7 heteroatoms. The lowest BCUT2D eigenvalue weighted by Crippen LogP contribution is -2.33. The first kappa shape index (κ1) is 18.5. The molecule has 26 heavy (non-hydrogen) atoms. The fraction of sp³-hybridized carbons (Fsp3) is 0.368. The van der Waals surface area contributed by atoms with Crippen LogP contribution in [0.3, 0.4) is 0 Å². The molecule has 0 spiro atoms. The highest BCUT2D eigenvalue weighted by atomic mass is 35.5. The number of hydrogen-bond donors (Lipinski definition) is 1. The fourth-order valence-electron chi connectivity index (χ4n) is 3.18. The SMILES string of the molecule is CCOc1cc(=O)n2c(c1C(=O)NCc1ccc(F)cc1Cl)CCCC2. The zero-order chi connectivity index (χ0) is 18.7. The fourth-order valence-corrected chi connectivity index (χ4v) is 3.42. The van der Waals surface area contributed by atoms with Gasteiger partial charge in [0.1, 0.15) is 17.1 Å². The minimum absolute atomic E-state index is 0.152. The molecule has 1 amide bonds. The van der Waals surface area contributed by atoms with Crippen LogP contribution in [-0.4, -0.2) is 17.1 Å². The first-order valence-electron chi connectivity index (χ1n) is 8.63. The second-order valence-corrected chi connectivity index (χ2v) is 6.54. The van der Waals surface area contributed by atoms with Gasteiger partial charge in [-0.2, -0.15) is 0 Å². The highest BCUT2D eigenvalue weighted by Gasteiger charge is 2.24. The van der Waals surface area contributed by atoms with Gasteiger partial charge in [-0.3, -0.25) is 9.59 Å². The minimum atomic E-state index is -0.430. The van der Waals surface area contributed by atoms with Crippen LogP contribution in [0.4, 0.5) is 4.39 Å². The summed E-state index contributed by atoms with van der Waals surface area (Å²) in [6.45, 7) is 2.91. The number of aromatic nitrogens is 1. The average molecular weight is 379 g/mol. The van der Waals surface area contributed by atoms with Crippen LogP contribution in [0.15, 0.2) is 29.1 Å². The normalized spacial score (nSPS) is 13.2. The van der Waals surface area contributed by atoms with E-state index in [1.807, 2.05) is 0 Å². The molecule has 1 aromatic carbocycles. The van der Waals surface area contributed by atoms with Crippen LogP contribution in [0.1, 0.15) is 41.4 Å². The molecule has 0 saturated heterocycles. The second kappa shape index (κ2) is 7.91. The van der Waals surface area contributed by atoms with E-state index >= 15 is 0 Å². The minimum Gasteiger partial charge on any atom is -0.493 e. The molecule has 5 nitrogen and oxygen atoms in total. The summed E-state index contributed by atoms with van der Waals surface area (Å²) in [7, 11) is 0. The van der Waals surface area contributed by atoms with Gasteiger partial charge in [-0.05, 0) is 43.9 Å². The number of carbonyl (C=O) groups is 1. The Hall–Kier alpha value is -2.34. The number of ether oxygens (including phenoxy) is 1. The number of pyridine rings is 1. The Labute approximate surface area is 155 Å². The molecule has 1 aliphatic heterocycles. The topological polar surface area (TPSA) is 60.3 Å². The number of fused-ring (bicyclic) bond motifs is 1. The molecule has 1 aromatic heterocycles. The highest BCUT2D eigenvalue weighted by molar-refractivity contribution is 6.31. The molecule has 0 fully saturated rings. The molecular weight excluding hydrogens is 359 g/mol. The molecule has 0 bridgehead atoms. The smallest absolute Gasteiger partial charge is 0.257 e. The molecule has 0 unspecified atom stereocenters. The third kappa shape index (κ3) is 3.75. The molecule has 0 saturated carbocycles. The molecule has 3 rings (SSSR count). The van der Waals surface area contributed by atoms with Crippen LogP contribution >= 0.6 is 11.6 Å². The van der Waals surface area contributed by atoms with E-state index in [0.29, 0.717) is 42.1 Å². The van der Waals surface area contributed by atoms with Gasteiger partial charge in [0, 0.05) is 29.9 Å². The molecule has 1 N–H and O–H groups in total. The summed E-state index contributed by atoms with van der Waals surface area (Å²) in [6.07, 6.45) is 2.47. The van der Waals surface area contributed by atoms with E-state index in [2.05, 4.69) is 5.32 Å². The van der Waals surface area contributed by atoms with Crippen molar-refractivity contribution in [2.75, 3.05) is 6.61 Å². The van der Waals surface area contributed by atoms with E-state index < -0.39 is 5.82 Å². The van der Waals surface area contributed by atoms with Crippen molar-refractivity contribution >= 4 is 17.5 Å². The highest BCUT2D eigenvalue weighted by Crippen LogP contribution is 2.25. The van der Waals surface area contributed by atoms with Gasteiger partial charge >= 0.3 is 0 Å². The number of nitrogens with zero attached hydrogens (tertiary/aromatic N) is 1. The largest absolute Gasteiger partial charge is 0.493 e. The van der Waals surface area contributed by atoms with Crippen molar-refractivity contribution in [2.45, 2.75) is 39.3 Å². The summed E-state index contributed by atoms with van der Waals surface area (Å²) < 4.78 is 20.3. The number of nitrogens with one attached hydrogen (secondary N) is 1. The van der Waals surface area contributed by atoms with Gasteiger partial charge in [-0.1, -0.05) is 17.7 Å². The quantitative estimate of drug-likeness (QED) is 0.868. The number of halogens is 2. The summed E-state index contributed by atoms with van der Waals surface area (Å²) in [4.78, 5) is 25.1. The Morgan fingerprint density at radius 2 is 2.15 bits per heavy atom. The maximum absolute atomic E-state index is 13.2. The van der Waals surface area contributed by atoms with Gasteiger partial charge in [0.2, 0.25) is 0 Å². The predicted molar refractivity (Wildman–Crippen MR) is 97.4 cm³/mol. The third-order valence-corrected chi connectivity index (χ3v) is 4.76. The first-order chi connectivity index (χ1) is 12.5. The maximum atomic E-state index is 13.2. The average Bonchev–Trinajstić information content (AvgIpc) is 2.61. The van der Waals surface area contributed by atoms with E-state index in [0.717, 1.165) is 12.8 Å². The van der Waals surface area contributed by atoms with Crippen molar-refractivity contribution in [3.05, 3.63) is 62.3 Å². The Morgan fingerprint density at radius 3 is 2.88 bits per heavy atom. The van der Waals surface area contributed by atoms with Gasteiger partial charge < -0.3 is 14.6 Å². The monoisotopic (exact) mass is 378 g/mol. The number of rotatable bonds is 5. The number of amides is 1. The lowest BCUT2D eigenvalue weighted by molar-refractivity contribution is 0.0944. The van der Waals surface area contributed by atoms with Crippen LogP contribution in [-0.2, 0) is 19.5 Å². The Bertz CT molecular complexity index is 895. The van der Waals surface area contributed by atoms with Crippen LogP contribution in [0, 0.1) is 5.82 Å². The summed E-state index contributed by atoms with van der Waals surface area (Å²) in [5.74, 6) is -0.465. The molecular formula is C19H20ClFN2O3. The Balaban J connectivity index is 1.91. The second-order valence-electron chi connectivity index (χ2n) is 6.13. The van der Waals surface area contributed by atoms with Crippen molar-refractivity contribution < 1.29 is 13.9 Å². The van der Waals surface area contributed by atoms with Crippen molar-refractivity contribution in [3.8, 4) is 5.75 Å². The molecule has 0 atom stereocenters. The van der Waals surface area contributed by atoms with Crippen molar-refractivity contribution in [1.29, 1.82) is 0 Å². The first-order valence-corrected chi connectivity index (χ1v) is 9.00. The lowest BCUT2D eigenvalue weighted by Gasteiger charge is -2.23. The van der Waals surface area contributed by atoms with Gasteiger partial charge in [0.25, 0.3) is 11.5 Å². The molecule has 0 aliphatic carbocycles. The third-order valence-electron chi connectivity index (χ3n) is 4.41. The van der Waals surface area contributed by atoms with Crippen molar-refractivity contribution in [3.63, 3.8) is 0 Å². The number of carbonyl (C=O) groups excluding carboxylic acids is 1. The zero-order valence-electron chi connectivity index (χ0n) is 14.5. The molecule has 0 radical (unpaired) electrons. The van der Waals surface area contributed by atoms with Crippen LogP contribution in [0.5, 0.6) is 5.75 Å². The van der Waals surface area contributed by atoms with Gasteiger partial charge in [-0.15, -0.1) is 0 Å². The van der Waals surface area contributed by atoms with Gasteiger partial charge in [0.05, 0.1) is 6.61 Å². The van der Waals surface area contributed by atoms with Crippen LogP contribution in [0.25, 0.3) is 0 Å².